The van der Waals surface area contributed by atoms with E-state index in [0.717, 1.165) is 12.3 Å². The Morgan fingerprint density at radius 1 is 1.28 bits per heavy atom. The van der Waals surface area contributed by atoms with Crippen LogP contribution in [0.2, 0.25) is 0 Å². The fourth-order valence-corrected chi connectivity index (χ4v) is 2.09. The van der Waals surface area contributed by atoms with Crippen molar-refractivity contribution in [2.75, 3.05) is 13.6 Å². The number of rotatable bonds is 5. The lowest BCUT2D eigenvalue weighted by Gasteiger charge is -2.24. The summed E-state index contributed by atoms with van der Waals surface area (Å²) in [6.07, 6.45) is 2.49. The van der Waals surface area contributed by atoms with Crippen molar-refractivity contribution >= 4 is 11.9 Å². The number of amides is 1. The van der Waals surface area contributed by atoms with Crippen molar-refractivity contribution in [2.45, 2.75) is 52.6 Å². The van der Waals surface area contributed by atoms with Crippen LogP contribution in [0.3, 0.4) is 0 Å². The van der Waals surface area contributed by atoms with Gasteiger partial charge in [-0.15, -0.1) is 0 Å². The molecule has 1 rings (SSSR count). The fourth-order valence-electron chi connectivity index (χ4n) is 2.09. The maximum Gasteiger partial charge on any atom is 0.410 e. The molecule has 1 aliphatic carbocycles. The Bertz CT molecular complexity index is 319. The van der Waals surface area contributed by atoms with Crippen molar-refractivity contribution in [3.05, 3.63) is 0 Å². The van der Waals surface area contributed by atoms with Crippen LogP contribution in [0.5, 0.6) is 0 Å². The Morgan fingerprint density at radius 2 is 1.89 bits per heavy atom. The minimum Gasteiger partial charge on any atom is -0.444 e. The van der Waals surface area contributed by atoms with Gasteiger partial charge in [-0.05, 0) is 39.0 Å². The molecule has 0 aliphatic heterocycles. The summed E-state index contributed by atoms with van der Waals surface area (Å²) in [5, 5.41) is 0. The number of nitrogens with zero attached hydrogens (tertiary/aromatic N) is 1. The molecule has 1 saturated carbocycles. The van der Waals surface area contributed by atoms with Crippen LogP contribution < -0.4 is 0 Å². The highest BCUT2D eigenvalue weighted by atomic mass is 16.6. The molecule has 2 atom stereocenters. The SMILES string of the molecule is CC[C@@H]1C[C@H]1CC(=O)CN(C)C(=O)OC(C)(C)C. The predicted molar refractivity (Wildman–Crippen MR) is 70.4 cm³/mol. The number of Topliss-reactive ketones (excluding diaryl/α,β-unsaturated/α-hetero) is 1. The zero-order chi connectivity index (χ0) is 13.9. The first-order valence-corrected chi connectivity index (χ1v) is 6.68. The van der Waals surface area contributed by atoms with Crippen LogP contribution in [0.25, 0.3) is 0 Å². The second kappa shape index (κ2) is 5.72. The van der Waals surface area contributed by atoms with E-state index in [2.05, 4.69) is 6.92 Å². The van der Waals surface area contributed by atoms with Crippen LogP contribution >= 0.6 is 0 Å². The van der Waals surface area contributed by atoms with Crippen molar-refractivity contribution in [3.63, 3.8) is 0 Å². The first-order chi connectivity index (χ1) is 8.23. The quantitative estimate of drug-likeness (QED) is 0.759. The topological polar surface area (TPSA) is 46.6 Å². The Morgan fingerprint density at radius 3 is 2.33 bits per heavy atom. The molecule has 1 fully saturated rings. The number of ether oxygens (including phenoxy) is 1. The Kier molecular flexibility index (Phi) is 4.77. The maximum absolute atomic E-state index is 11.8. The van der Waals surface area contributed by atoms with Gasteiger partial charge < -0.3 is 9.64 Å². The van der Waals surface area contributed by atoms with Crippen LogP contribution in [0, 0.1) is 11.8 Å². The molecule has 1 aliphatic rings. The summed E-state index contributed by atoms with van der Waals surface area (Å²) >= 11 is 0. The monoisotopic (exact) mass is 255 g/mol. The summed E-state index contributed by atoms with van der Waals surface area (Å²) in [5.41, 5.74) is -0.516. The highest BCUT2D eigenvalue weighted by molar-refractivity contribution is 5.84. The van der Waals surface area contributed by atoms with Gasteiger partial charge in [0.05, 0.1) is 6.54 Å². The zero-order valence-corrected chi connectivity index (χ0v) is 12.2. The molecule has 0 bridgehead atoms. The van der Waals surface area contributed by atoms with Gasteiger partial charge in [-0.25, -0.2) is 4.79 Å². The third-order valence-corrected chi connectivity index (χ3v) is 3.20. The second-order valence-corrected chi connectivity index (χ2v) is 6.24. The second-order valence-electron chi connectivity index (χ2n) is 6.24. The normalized spacial score (nSPS) is 22.5. The van der Waals surface area contributed by atoms with E-state index in [1.54, 1.807) is 7.05 Å². The molecular weight excluding hydrogens is 230 g/mol. The van der Waals surface area contributed by atoms with E-state index >= 15 is 0 Å². The van der Waals surface area contributed by atoms with Gasteiger partial charge in [-0.3, -0.25) is 4.79 Å². The number of carbonyl (C=O) groups is 2. The lowest BCUT2D eigenvalue weighted by Crippen LogP contribution is -2.37. The molecule has 0 N–H and O–H groups in total. The third-order valence-electron chi connectivity index (χ3n) is 3.20. The van der Waals surface area contributed by atoms with Gasteiger partial charge in [0, 0.05) is 13.5 Å². The molecular formula is C14H25NO3. The molecule has 1 amide bonds. The highest BCUT2D eigenvalue weighted by Gasteiger charge is 2.36. The first-order valence-electron chi connectivity index (χ1n) is 6.68. The number of carbonyl (C=O) groups excluding carboxylic acids is 2. The fraction of sp³-hybridized carbons (Fsp3) is 0.857. The summed E-state index contributed by atoms with van der Waals surface area (Å²) in [6, 6.07) is 0. The lowest BCUT2D eigenvalue weighted by molar-refractivity contribution is -0.120. The van der Waals surface area contributed by atoms with Crippen LogP contribution in [0.15, 0.2) is 0 Å². The van der Waals surface area contributed by atoms with Gasteiger partial charge in [-0.2, -0.15) is 0 Å². The molecule has 0 spiro atoms. The summed E-state index contributed by atoms with van der Waals surface area (Å²) < 4.78 is 5.20. The molecule has 0 unspecified atom stereocenters. The van der Waals surface area contributed by atoms with E-state index in [1.807, 2.05) is 20.8 Å². The van der Waals surface area contributed by atoms with Crippen molar-refractivity contribution in [2.24, 2.45) is 11.8 Å². The van der Waals surface area contributed by atoms with Crippen LogP contribution in [-0.4, -0.2) is 36.0 Å². The molecule has 0 saturated heterocycles. The average molecular weight is 255 g/mol. The van der Waals surface area contributed by atoms with Gasteiger partial charge in [0.2, 0.25) is 0 Å². The van der Waals surface area contributed by atoms with Crippen LogP contribution in [0.1, 0.15) is 47.0 Å². The van der Waals surface area contributed by atoms with E-state index in [-0.39, 0.29) is 12.3 Å². The van der Waals surface area contributed by atoms with Crippen LogP contribution in [0.4, 0.5) is 4.79 Å². The summed E-state index contributed by atoms with van der Waals surface area (Å²) in [4.78, 5) is 24.8. The van der Waals surface area contributed by atoms with Crippen molar-refractivity contribution in [1.29, 1.82) is 0 Å². The minimum absolute atomic E-state index is 0.129. The third kappa shape index (κ3) is 5.07. The predicted octanol–water partition coefficient (Wildman–Crippen LogP) is 2.86. The molecule has 4 heteroatoms. The molecule has 0 aromatic carbocycles. The van der Waals surface area contributed by atoms with Crippen molar-refractivity contribution < 1.29 is 14.3 Å². The molecule has 0 heterocycles. The zero-order valence-electron chi connectivity index (χ0n) is 12.2. The first kappa shape index (κ1) is 15.0. The Balaban J connectivity index is 2.29. The van der Waals surface area contributed by atoms with E-state index < -0.39 is 11.7 Å². The van der Waals surface area contributed by atoms with E-state index in [0.29, 0.717) is 12.3 Å². The molecule has 4 nitrogen and oxygen atoms in total. The summed E-state index contributed by atoms with van der Waals surface area (Å²) in [6.45, 7) is 7.76. The molecule has 18 heavy (non-hydrogen) atoms. The lowest BCUT2D eigenvalue weighted by atomic mass is 10.1. The van der Waals surface area contributed by atoms with E-state index in [1.165, 1.54) is 11.3 Å². The van der Waals surface area contributed by atoms with Crippen LogP contribution in [-0.2, 0) is 9.53 Å². The Hall–Kier alpha value is -1.06. The number of hydrogen-bond acceptors (Lipinski definition) is 3. The number of likely N-dealkylation sites (N-methyl/N-ethyl adjacent to an activating group) is 1. The largest absolute Gasteiger partial charge is 0.444 e. The summed E-state index contributed by atoms with van der Waals surface area (Å²) in [7, 11) is 1.61. The van der Waals surface area contributed by atoms with Crippen molar-refractivity contribution in [1.82, 2.24) is 4.90 Å². The number of hydrogen-bond donors (Lipinski definition) is 0. The molecule has 0 aromatic heterocycles. The molecule has 0 aromatic rings. The van der Waals surface area contributed by atoms with Gasteiger partial charge in [0.1, 0.15) is 5.60 Å². The minimum atomic E-state index is -0.516. The molecule has 0 radical (unpaired) electrons. The van der Waals surface area contributed by atoms with Gasteiger partial charge in [0.25, 0.3) is 0 Å². The van der Waals surface area contributed by atoms with E-state index in [4.69, 9.17) is 4.74 Å². The van der Waals surface area contributed by atoms with Gasteiger partial charge in [0.15, 0.2) is 5.78 Å². The van der Waals surface area contributed by atoms with Crippen molar-refractivity contribution in [3.8, 4) is 0 Å². The Labute approximate surface area is 110 Å². The standard InChI is InChI=1S/C14H25NO3/c1-6-10-7-11(10)8-12(16)9-15(5)13(17)18-14(2,3)4/h10-11H,6-9H2,1-5H3/t10-,11+/m1/s1. The average Bonchev–Trinajstić information content (AvgIpc) is 2.93. The van der Waals surface area contributed by atoms with E-state index in [9.17, 15) is 9.59 Å². The number of ketones is 1. The smallest absolute Gasteiger partial charge is 0.410 e. The highest BCUT2D eigenvalue weighted by Crippen LogP contribution is 2.43. The molecule has 104 valence electrons. The van der Waals surface area contributed by atoms with Gasteiger partial charge >= 0.3 is 6.09 Å². The van der Waals surface area contributed by atoms with Gasteiger partial charge in [-0.1, -0.05) is 13.3 Å². The maximum atomic E-state index is 11.8. The summed E-state index contributed by atoms with van der Waals surface area (Å²) in [5.74, 6) is 1.40.